The maximum atomic E-state index is 9.20. The summed E-state index contributed by atoms with van der Waals surface area (Å²) in [6.07, 6.45) is 0.940. The quantitative estimate of drug-likeness (QED) is 0.621. The van der Waals surface area contributed by atoms with Crippen molar-refractivity contribution in [1.29, 1.82) is 0 Å². The molecule has 0 aliphatic heterocycles. The first-order chi connectivity index (χ1) is 7.40. The van der Waals surface area contributed by atoms with Crippen molar-refractivity contribution in [3.8, 4) is 11.1 Å². The van der Waals surface area contributed by atoms with Crippen LogP contribution in [-0.2, 0) is 6.42 Å². The molecule has 0 saturated carbocycles. The molecule has 0 heterocycles. The van der Waals surface area contributed by atoms with E-state index in [2.05, 4.69) is 30.3 Å². The fourth-order valence-electron chi connectivity index (χ4n) is 2.21. The van der Waals surface area contributed by atoms with Gasteiger partial charge in [0, 0.05) is 16.9 Å². The Hall–Kier alpha value is -1.25. The van der Waals surface area contributed by atoms with Crippen molar-refractivity contribution in [2.45, 2.75) is 11.3 Å². The molecule has 0 aromatic heterocycles. The lowest BCUT2D eigenvalue weighted by atomic mass is 10.1. The summed E-state index contributed by atoms with van der Waals surface area (Å²) in [6, 6.07) is 14.5. The van der Waals surface area contributed by atoms with Gasteiger partial charge in [-0.3, -0.25) is 0 Å². The van der Waals surface area contributed by atoms with Crippen LogP contribution in [0.1, 0.15) is 11.1 Å². The van der Waals surface area contributed by atoms with E-state index in [4.69, 9.17) is 0 Å². The Morgan fingerprint density at radius 1 is 0.933 bits per heavy atom. The molecule has 0 amide bonds. The van der Waals surface area contributed by atoms with Crippen molar-refractivity contribution in [2.75, 3.05) is 0 Å². The lowest BCUT2D eigenvalue weighted by Gasteiger charge is -2.03. The van der Waals surface area contributed by atoms with Gasteiger partial charge in [0.25, 0.3) is 0 Å². The van der Waals surface area contributed by atoms with Crippen LogP contribution in [0.5, 0.6) is 0 Å². The van der Waals surface area contributed by atoms with E-state index < -0.39 is 0 Å². The van der Waals surface area contributed by atoms with E-state index in [1.807, 2.05) is 12.1 Å². The largest absolute Gasteiger partial charge is 0.325 e. The zero-order valence-electron chi connectivity index (χ0n) is 8.10. The lowest BCUT2D eigenvalue weighted by Crippen LogP contribution is -1.83. The molecule has 1 N–H and O–H groups in total. The van der Waals surface area contributed by atoms with Gasteiger partial charge in [0.05, 0.1) is 0 Å². The van der Waals surface area contributed by atoms with E-state index >= 15 is 0 Å². The molecule has 0 radical (unpaired) electrons. The molecule has 3 rings (SSSR count). The van der Waals surface area contributed by atoms with Crippen LogP contribution in [0.15, 0.2) is 47.4 Å². The summed E-state index contributed by atoms with van der Waals surface area (Å²) < 4.78 is 9.20. The molecule has 2 aromatic carbocycles. The summed E-state index contributed by atoms with van der Waals surface area (Å²) in [4.78, 5) is 0.976. The van der Waals surface area contributed by atoms with E-state index in [9.17, 15) is 4.55 Å². The molecular formula is C13H10OS. The van der Waals surface area contributed by atoms with Crippen LogP contribution in [0.25, 0.3) is 11.1 Å². The van der Waals surface area contributed by atoms with E-state index in [0.29, 0.717) is 0 Å². The Labute approximate surface area is 93.0 Å². The second kappa shape index (κ2) is 3.40. The minimum atomic E-state index is 0.845. The van der Waals surface area contributed by atoms with Crippen LogP contribution in [-0.4, -0.2) is 4.55 Å². The molecule has 0 bridgehead atoms. The van der Waals surface area contributed by atoms with Crippen molar-refractivity contribution in [3.05, 3.63) is 53.6 Å². The predicted molar refractivity (Wildman–Crippen MR) is 63.2 cm³/mol. The summed E-state index contributed by atoms with van der Waals surface area (Å²) in [7, 11) is 0. The average molecular weight is 214 g/mol. The number of hydrogen-bond acceptors (Lipinski definition) is 2. The van der Waals surface area contributed by atoms with E-state index in [1.54, 1.807) is 0 Å². The third kappa shape index (κ3) is 1.29. The van der Waals surface area contributed by atoms with Crippen LogP contribution in [0.4, 0.5) is 0 Å². The number of benzene rings is 2. The van der Waals surface area contributed by atoms with Crippen LogP contribution in [0.3, 0.4) is 0 Å². The number of hydrogen-bond donors (Lipinski definition) is 1. The maximum Gasteiger partial charge on any atom is 0.0392 e. The zero-order valence-corrected chi connectivity index (χ0v) is 8.92. The summed E-state index contributed by atoms with van der Waals surface area (Å²) in [5.41, 5.74) is 5.19. The Morgan fingerprint density at radius 2 is 1.73 bits per heavy atom. The molecule has 74 valence electrons. The smallest absolute Gasteiger partial charge is 0.0392 e. The highest BCUT2D eigenvalue weighted by atomic mass is 32.2. The highest BCUT2D eigenvalue weighted by Gasteiger charge is 2.20. The molecule has 1 aliphatic rings. The zero-order chi connectivity index (χ0) is 10.3. The molecule has 0 fully saturated rings. The highest BCUT2D eigenvalue weighted by Crippen LogP contribution is 2.40. The Kier molecular flexibility index (Phi) is 2.04. The number of fused-ring (bicyclic) bond motifs is 3. The van der Waals surface area contributed by atoms with E-state index in [0.717, 1.165) is 23.4 Å². The third-order valence-electron chi connectivity index (χ3n) is 2.91. The van der Waals surface area contributed by atoms with Gasteiger partial charge in [0.2, 0.25) is 0 Å². The van der Waals surface area contributed by atoms with Gasteiger partial charge in [-0.25, -0.2) is 0 Å². The maximum absolute atomic E-state index is 9.20. The van der Waals surface area contributed by atoms with Gasteiger partial charge in [0.1, 0.15) is 0 Å². The summed E-state index contributed by atoms with van der Waals surface area (Å²) >= 11 is 0.845. The first kappa shape index (κ1) is 9.01. The van der Waals surface area contributed by atoms with E-state index in [-0.39, 0.29) is 0 Å². The molecule has 2 heteroatoms. The second-order valence-electron chi connectivity index (χ2n) is 3.71. The first-order valence-electron chi connectivity index (χ1n) is 4.92. The molecular weight excluding hydrogens is 204 g/mol. The second-order valence-corrected chi connectivity index (χ2v) is 4.33. The monoisotopic (exact) mass is 214 g/mol. The SMILES string of the molecule is OSc1cccc2c1Cc1ccccc1-2. The van der Waals surface area contributed by atoms with E-state index in [1.165, 1.54) is 22.3 Å². The average Bonchev–Trinajstić information content (AvgIpc) is 2.67. The summed E-state index contributed by atoms with van der Waals surface area (Å²) in [5, 5.41) is 0. The molecule has 0 spiro atoms. The van der Waals surface area contributed by atoms with Gasteiger partial charge in [0.15, 0.2) is 0 Å². The van der Waals surface area contributed by atoms with Crippen molar-refractivity contribution in [2.24, 2.45) is 0 Å². The summed E-state index contributed by atoms with van der Waals surface area (Å²) in [6.45, 7) is 0. The van der Waals surface area contributed by atoms with Gasteiger partial charge < -0.3 is 4.55 Å². The van der Waals surface area contributed by atoms with Gasteiger partial charge in [-0.1, -0.05) is 36.4 Å². The van der Waals surface area contributed by atoms with Crippen LogP contribution in [0, 0.1) is 0 Å². The fourth-order valence-corrected chi connectivity index (χ4v) is 2.65. The Morgan fingerprint density at radius 3 is 2.60 bits per heavy atom. The third-order valence-corrected chi connectivity index (χ3v) is 3.49. The number of rotatable bonds is 1. The predicted octanol–water partition coefficient (Wildman–Crippen LogP) is 3.82. The van der Waals surface area contributed by atoms with Gasteiger partial charge in [-0.2, -0.15) is 0 Å². The van der Waals surface area contributed by atoms with Crippen LogP contribution >= 0.6 is 12.0 Å². The molecule has 2 aromatic rings. The Balaban J connectivity index is 2.26. The van der Waals surface area contributed by atoms with Crippen LogP contribution in [0.2, 0.25) is 0 Å². The van der Waals surface area contributed by atoms with Crippen molar-refractivity contribution in [3.63, 3.8) is 0 Å². The van der Waals surface area contributed by atoms with Gasteiger partial charge >= 0.3 is 0 Å². The normalized spacial score (nSPS) is 12.3. The van der Waals surface area contributed by atoms with Gasteiger partial charge in [-0.15, -0.1) is 0 Å². The fraction of sp³-hybridized carbons (Fsp3) is 0.0769. The minimum absolute atomic E-state index is 0.845. The molecule has 15 heavy (non-hydrogen) atoms. The van der Waals surface area contributed by atoms with Gasteiger partial charge in [-0.05, 0) is 34.7 Å². The topological polar surface area (TPSA) is 20.2 Å². The summed E-state index contributed by atoms with van der Waals surface area (Å²) in [5.74, 6) is 0. The molecule has 0 saturated heterocycles. The minimum Gasteiger partial charge on any atom is -0.325 e. The Bertz CT molecular complexity index is 520. The lowest BCUT2D eigenvalue weighted by molar-refractivity contribution is 0.663. The standard InChI is InChI=1S/C13H10OS/c14-15-13-7-3-6-11-10-5-2-1-4-9(10)8-12(11)13/h1-7,14H,8H2. The van der Waals surface area contributed by atoms with Crippen molar-refractivity contribution < 1.29 is 4.55 Å². The molecule has 0 atom stereocenters. The molecule has 0 unspecified atom stereocenters. The molecule has 1 nitrogen and oxygen atoms in total. The van der Waals surface area contributed by atoms with Crippen LogP contribution < -0.4 is 0 Å². The van der Waals surface area contributed by atoms with Crippen molar-refractivity contribution >= 4 is 12.0 Å². The van der Waals surface area contributed by atoms with Crippen molar-refractivity contribution in [1.82, 2.24) is 0 Å². The first-order valence-corrected chi connectivity index (χ1v) is 5.69. The molecule has 1 aliphatic carbocycles. The highest BCUT2D eigenvalue weighted by molar-refractivity contribution is 7.93.